The lowest BCUT2D eigenvalue weighted by molar-refractivity contribution is -0.121. The number of carbonyl (C=O) groups is 1. The Hall–Kier alpha value is -1.39. The number of nitrogens with one attached hydrogen (secondary N) is 1. The first-order chi connectivity index (χ1) is 9.18. The van der Waals surface area contributed by atoms with E-state index in [4.69, 9.17) is 0 Å². The minimum absolute atomic E-state index is 0.127. The molecule has 4 heteroatoms. The third kappa shape index (κ3) is 3.78. The average molecular weight is 261 g/mol. The van der Waals surface area contributed by atoms with Crippen molar-refractivity contribution in [2.45, 2.75) is 6.42 Å². The van der Waals surface area contributed by atoms with Crippen molar-refractivity contribution < 1.29 is 4.79 Å². The van der Waals surface area contributed by atoms with Crippen LogP contribution in [0.2, 0.25) is 0 Å². The van der Waals surface area contributed by atoms with Gasteiger partial charge >= 0.3 is 0 Å². The van der Waals surface area contributed by atoms with Crippen molar-refractivity contribution in [1.29, 1.82) is 0 Å². The maximum absolute atomic E-state index is 12.6. The molecule has 104 valence electrons. The molecular weight excluding hydrogens is 238 g/mol. The molecular formula is C15H23N3O. The summed E-state index contributed by atoms with van der Waals surface area (Å²) in [6, 6.07) is 9.97. The van der Waals surface area contributed by atoms with Gasteiger partial charge in [-0.3, -0.25) is 4.79 Å². The number of carbonyl (C=O) groups excluding carboxylic acids is 1. The molecule has 1 N–H and O–H groups in total. The summed E-state index contributed by atoms with van der Waals surface area (Å²) in [4.78, 5) is 16.7. The molecule has 0 spiro atoms. The first-order valence-electron chi connectivity index (χ1n) is 6.90. The molecule has 1 unspecified atom stereocenters. The standard InChI is InChI=1S/C15H23N3O/c1-17(2)10-11-18(14-6-4-3-5-7-14)15(19)13-8-9-16-12-13/h3-7,13,16H,8-12H2,1-2H3. The highest BCUT2D eigenvalue weighted by molar-refractivity contribution is 5.95. The zero-order valence-corrected chi connectivity index (χ0v) is 11.8. The number of hydrogen-bond donors (Lipinski definition) is 1. The molecule has 1 fully saturated rings. The third-order valence-electron chi connectivity index (χ3n) is 3.51. The molecule has 0 saturated carbocycles. The van der Waals surface area contributed by atoms with Crippen LogP contribution >= 0.6 is 0 Å². The molecule has 1 heterocycles. The molecule has 1 aromatic carbocycles. The highest BCUT2D eigenvalue weighted by Crippen LogP contribution is 2.19. The van der Waals surface area contributed by atoms with E-state index in [0.29, 0.717) is 0 Å². The zero-order valence-electron chi connectivity index (χ0n) is 11.8. The van der Waals surface area contributed by atoms with E-state index in [2.05, 4.69) is 10.2 Å². The zero-order chi connectivity index (χ0) is 13.7. The van der Waals surface area contributed by atoms with Crippen molar-refractivity contribution in [2.24, 2.45) is 5.92 Å². The fraction of sp³-hybridized carbons (Fsp3) is 0.533. The van der Waals surface area contributed by atoms with Crippen LogP contribution in [0.1, 0.15) is 6.42 Å². The molecule has 4 nitrogen and oxygen atoms in total. The van der Waals surface area contributed by atoms with Crippen LogP contribution in [-0.4, -0.2) is 51.1 Å². The Bertz CT molecular complexity index is 399. The van der Waals surface area contributed by atoms with Crippen molar-refractivity contribution in [3.05, 3.63) is 30.3 Å². The first-order valence-corrected chi connectivity index (χ1v) is 6.90. The fourth-order valence-corrected chi connectivity index (χ4v) is 2.36. The van der Waals surface area contributed by atoms with Crippen molar-refractivity contribution in [3.8, 4) is 0 Å². The van der Waals surface area contributed by atoms with Gasteiger partial charge in [0.05, 0.1) is 5.92 Å². The van der Waals surface area contributed by atoms with E-state index in [1.807, 2.05) is 49.3 Å². The lowest BCUT2D eigenvalue weighted by Crippen LogP contribution is -2.41. The van der Waals surface area contributed by atoms with Gasteiger partial charge in [0.15, 0.2) is 0 Å². The molecule has 0 aromatic heterocycles. The molecule has 19 heavy (non-hydrogen) atoms. The van der Waals surface area contributed by atoms with Crippen molar-refractivity contribution >= 4 is 11.6 Å². The molecule has 0 aliphatic carbocycles. The van der Waals surface area contributed by atoms with E-state index < -0.39 is 0 Å². The number of rotatable bonds is 5. The average Bonchev–Trinajstić information content (AvgIpc) is 2.93. The van der Waals surface area contributed by atoms with Gasteiger partial charge in [0.25, 0.3) is 0 Å². The van der Waals surface area contributed by atoms with E-state index in [1.165, 1.54) is 0 Å². The van der Waals surface area contributed by atoms with Crippen LogP contribution in [0.5, 0.6) is 0 Å². The number of amides is 1. The SMILES string of the molecule is CN(C)CCN(C(=O)C1CCNC1)c1ccccc1. The Morgan fingerprint density at radius 1 is 1.26 bits per heavy atom. The largest absolute Gasteiger partial charge is 0.316 e. The van der Waals surface area contributed by atoms with Crippen LogP contribution < -0.4 is 10.2 Å². The molecule has 1 atom stereocenters. The summed E-state index contributed by atoms with van der Waals surface area (Å²) in [7, 11) is 4.07. The van der Waals surface area contributed by atoms with E-state index in [9.17, 15) is 4.79 Å². The molecule has 2 rings (SSSR count). The van der Waals surface area contributed by atoms with Gasteiger partial charge in [-0.05, 0) is 39.2 Å². The Kier molecular flexibility index (Phi) is 4.93. The van der Waals surface area contributed by atoms with E-state index >= 15 is 0 Å². The van der Waals surface area contributed by atoms with Crippen LogP contribution in [-0.2, 0) is 4.79 Å². The maximum Gasteiger partial charge on any atom is 0.231 e. The van der Waals surface area contributed by atoms with E-state index in [1.54, 1.807) is 0 Å². The van der Waals surface area contributed by atoms with Crippen LogP contribution in [0.4, 0.5) is 5.69 Å². The van der Waals surface area contributed by atoms with Gasteiger partial charge in [-0.2, -0.15) is 0 Å². The minimum atomic E-state index is 0.127. The number of anilines is 1. The summed E-state index contributed by atoms with van der Waals surface area (Å²) in [6.45, 7) is 3.38. The highest BCUT2D eigenvalue weighted by Gasteiger charge is 2.27. The lowest BCUT2D eigenvalue weighted by Gasteiger charge is -2.27. The highest BCUT2D eigenvalue weighted by atomic mass is 16.2. The van der Waals surface area contributed by atoms with Gasteiger partial charge in [0, 0.05) is 25.3 Å². The summed E-state index contributed by atoms with van der Waals surface area (Å²) in [5, 5.41) is 3.27. The van der Waals surface area contributed by atoms with Gasteiger partial charge in [-0.25, -0.2) is 0 Å². The van der Waals surface area contributed by atoms with Crippen molar-refractivity contribution in [2.75, 3.05) is 45.2 Å². The second kappa shape index (κ2) is 6.68. The summed E-state index contributed by atoms with van der Waals surface area (Å²) >= 11 is 0. The van der Waals surface area contributed by atoms with Crippen molar-refractivity contribution in [1.82, 2.24) is 10.2 Å². The van der Waals surface area contributed by atoms with Gasteiger partial charge in [-0.1, -0.05) is 18.2 Å². The van der Waals surface area contributed by atoms with Crippen molar-refractivity contribution in [3.63, 3.8) is 0 Å². The second-order valence-electron chi connectivity index (χ2n) is 5.32. The molecule has 1 saturated heterocycles. The minimum Gasteiger partial charge on any atom is -0.316 e. The summed E-state index contributed by atoms with van der Waals surface area (Å²) in [6.07, 6.45) is 0.949. The van der Waals surface area contributed by atoms with Gasteiger partial charge in [-0.15, -0.1) is 0 Å². The maximum atomic E-state index is 12.6. The molecule has 0 bridgehead atoms. The predicted molar refractivity (Wildman–Crippen MR) is 78.3 cm³/mol. The summed E-state index contributed by atoms with van der Waals surface area (Å²) in [5.41, 5.74) is 1.00. The van der Waals surface area contributed by atoms with Crippen LogP contribution in [0.3, 0.4) is 0 Å². The summed E-state index contributed by atoms with van der Waals surface area (Å²) < 4.78 is 0. The van der Waals surface area contributed by atoms with Crippen LogP contribution in [0.15, 0.2) is 30.3 Å². The smallest absolute Gasteiger partial charge is 0.231 e. The Morgan fingerprint density at radius 3 is 2.58 bits per heavy atom. The number of hydrogen-bond acceptors (Lipinski definition) is 3. The first kappa shape index (κ1) is 14.0. The van der Waals surface area contributed by atoms with Crippen LogP contribution in [0, 0.1) is 5.92 Å². The molecule has 1 amide bonds. The van der Waals surface area contributed by atoms with Crippen LogP contribution in [0.25, 0.3) is 0 Å². The number of nitrogens with zero attached hydrogens (tertiary/aromatic N) is 2. The normalized spacial score (nSPS) is 18.8. The fourth-order valence-electron chi connectivity index (χ4n) is 2.36. The molecule has 0 radical (unpaired) electrons. The number of likely N-dealkylation sites (N-methyl/N-ethyl adjacent to an activating group) is 1. The number of para-hydroxylation sites is 1. The molecule has 1 aromatic rings. The monoisotopic (exact) mass is 261 g/mol. The van der Waals surface area contributed by atoms with Gasteiger partial charge < -0.3 is 15.1 Å². The predicted octanol–water partition coefficient (Wildman–Crippen LogP) is 1.19. The Balaban J connectivity index is 2.11. The van der Waals surface area contributed by atoms with E-state index in [-0.39, 0.29) is 11.8 Å². The third-order valence-corrected chi connectivity index (χ3v) is 3.51. The second-order valence-corrected chi connectivity index (χ2v) is 5.32. The Morgan fingerprint density at radius 2 is 2.00 bits per heavy atom. The van der Waals surface area contributed by atoms with E-state index in [0.717, 1.165) is 38.3 Å². The molecule has 1 aliphatic rings. The topological polar surface area (TPSA) is 35.6 Å². The lowest BCUT2D eigenvalue weighted by atomic mass is 10.1. The summed E-state index contributed by atoms with van der Waals surface area (Å²) in [5.74, 6) is 0.375. The molecule has 1 aliphatic heterocycles. The van der Waals surface area contributed by atoms with Gasteiger partial charge in [0.2, 0.25) is 5.91 Å². The Labute approximate surface area is 115 Å². The quantitative estimate of drug-likeness (QED) is 0.865. The number of benzene rings is 1. The van der Waals surface area contributed by atoms with Gasteiger partial charge in [0.1, 0.15) is 0 Å².